The highest BCUT2D eigenvalue weighted by atomic mass is 16.5. The van der Waals surface area contributed by atoms with E-state index in [0.29, 0.717) is 49.8 Å². The summed E-state index contributed by atoms with van der Waals surface area (Å²) in [5.41, 5.74) is 1.37. The molecular formula is C22H27N3O5. The van der Waals surface area contributed by atoms with Crippen molar-refractivity contribution < 1.29 is 23.5 Å². The first-order chi connectivity index (χ1) is 14.4. The number of nitrogens with one attached hydrogen (secondary N) is 1. The first-order valence-corrected chi connectivity index (χ1v) is 9.93. The Balaban J connectivity index is 1.46. The van der Waals surface area contributed by atoms with Gasteiger partial charge in [0.2, 0.25) is 5.91 Å². The van der Waals surface area contributed by atoms with Gasteiger partial charge < -0.3 is 19.4 Å². The lowest BCUT2D eigenvalue weighted by molar-refractivity contribution is -0.126. The van der Waals surface area contributed by atoms with Crippen LogP contribution in [0.1, 0.15) is 39.2 Å². The second kappa shape index (κ2) is 9.58. The van der Waals surface area contributed by atoms with Crippen LogP contribution < -0.4 is 5.32 Å². The summed E-state index contributed by atoms with van der Waals surface area (Å²) >= 11 is 0. The Morgan fingerprint density at radius 2 is 1.73 bits per heavy atom. The second-order valence-corrected chi connectivity index (χ2v) is 7.32. The number of aryl methyl sites for hydroxylation is 1. The van der Waals surface area contributed by atoms with Crippen molar-refractivity contribution in [2.75, 3.05) is 33.3 Å². The smallest absolute Gasteiger partial charge is 0.337 e. The number of furan rings is 1. The molecule has 1 atom stereocenters. The molecule has 1 unspecified atom stereocenters. The van der Waals surface area contributed by atoms with Crippen LogP contribution >= 0.6 is 0 Å². The largest absolute Gasteiger partial charge is 0.465 e. The van der Waals surface area contributed by atoms with E-state index in [1.54, 1.807) is 41.3 Å². The molecule has 1 fully saturated rings. The van der Waals surface area contributed by atoms with E-state index >= 15 is 0 Å². The van der Waals surface area contributed by atoms with Gasteiger partial charge in [-0.1, -0.05) is 12.1 Å². The van der Waals surface area contributed by atoms with E-state index in [2.05, 4.69) is 15.0 Å². The lowest BCUT2D eigenvalue weighted by Crippen LogP contribution is -2.54. The van der Waals surface area contributed by atoms with Gasteiger partial charge in [0.05, 0.1) is 18.7 Å². The Labute approximate surface area is 175 Å². The Kier molecular flexibility index (Phi) is 6.89. The molecular weight excluding hydrogens is 386 g/mol. The molecule has 2 amide bonds. The van der Waals surface area contributed by atoms with Crippen LogP contribution in [0.25, 0.3) is 0 Å². The van der Waals surface area contributed by atoms with Gasteiger partial charge in [0.25, 0.3) is 5.91 Å². The van der Waals surface area contributed by atoms with Gasteiger partial charge in [-0.05, 0) is 43.7 Å². The van der Waals surface area contributed by atoms with E-state index in [4.69, 9.17) is 4.42 Å². The van der Waals surface area contributed by atoms with Crippen LogP contribution in [0.2, 0.25) is 0 Å². The molecule has 1 aliphatic rings. The third kappa shape index (κ3) is 5.07. The van der Waals surface area contributed by atoms with Crippen molar-refractivity contribution in [3.05, 3.63) is 59.0 Å². The molecule has 1 aromatic heterocycles. The van der Waals surface area contributed by atoms with Crippen molar-refractivity contribution in [3.8, 4) is 0 Å². The van der Waals surface area contributed by atoms with E-state index in [0.717, 1.165) is 5.56 Å². The summed E-state index contributed by atoms with van der Waals surface area (Å²) < 4.78 is 10.1. The fraction of sp³-hybridized carbons (Fsp3) is 0.409. The van der Waals surface area contributed by atoms with Gasteiger partial charge in [-0.3, -0.25) is 14.5 Å². The quantitative estimate of drug-likeness (QED) is 0.727. The number of carbonyl (C=O) groups is 3. The zero-order valence-electron chi connectivity index (χ0n) is 17.5. The molecule has 1 aliphatic heterocycles. The fourth-order valence-corrected chi connectivity index (χ4v) is 3.40. The van der Waals surface area contributed by atoms with Crippen LogP contribution in [0.5, 0.6) is 0 Å². The van der Waals surface area contributed by atoms with E-state index in [1.165, 1.54) is 7.11 Å². The van der Waals surface area contributed by atoms with E-state index in [-0.39, 0.29) is 23.8 Å². The summed E-state index contributed by atoms with van der Waals surface area (Å²) in [5.74, 6) is 0.481. The third-order valence-electron chi connectivity index (χ3n) is 5.32. The lowest BCUT2D eigenvalue weighted by Gasteiger charge is -2.37. The van der Waals surface area contributed by atoms with Gasteiger partial charge in [-0.2, -0.15) is 0 Å². The number of hydrogen-bond donors (Lipinski definition) is 1. The first-order valence-electron chi connectivity index (χ1n) is 9.93. The minimum atomic E-state index is -0.390. The van der Waals surface area contributed by atoms with Crippen molar-refractivity contribution in [2.45, 2.75) is 26.4 Å². The van der Waals surface area contributed by atoms with Crippen LogP contribution in [0.15, 0.2) is 40.8 Å². The number of benzene rings is 1. The average molecular weight is 413 g/mol. The van der Waals surface area contributed by atoms with Crippen molar-refractivity contribution in [1.82, 2.24) is 15.1 Å². The van der Waals surface area contributed by atoms with Crippen molar-refractivity contribution in [3.63, 3.8) is 0 Å². The monoisotopic (exact) mass is 413 g/mol. The molecule has 0 radical (unpaired) electrons. The highest BCUT2D eigenvalue weighted by Crippen LogP contribution is 2.13. The Bertz CT molecular complexity index is 898. The molecule has 0 bridgehead atoms. The molecule has 0 saturated carbocycles. The number of methoxy groups -OCH3 is 1. The molecule has 3 rings (SSSR count). The zero-order valence-corrected chi connectivity index (χ0v) is 17.5. The zero-order chi connectivity index (χ0) is 21.7. The number of carbonyl (C=O) groups excluding carboxylic acids is 3. The number of ether oxygens (including phenoxy) is 1. The molecule has 0 spiro atoms. The molecule has 160 valence electrons. The normalized spacial score (nSPS) is 15.5. The van der Waals surface area contributed by atoms with Gasteiger partial charge in [-0.15, -0.1) is 0 Å². The van der Waals surface area contributed by atoms with E-state index < -0.39 is 0 Å². The van der Waals surface area contributed by atoms with Crippen LogP contribution in [-0.4, -0.2) is 66.9 Å². The lowest BCUT2D eigenvalue weighted by atomic mass is 10.1. The predicted octanol–water partition coefficient (Wildman–Crippen LogP) is 1.84. The second-order valence-electron chi connectivity index (χ2n) is 7.32. The predicted molar refractivity (Wildman–Crippen MR) is 110 cm³/mol. The third-order valence-corrected chi connectivity index (χ3v) is 5.32. The molecule has 1 aromatic carbocycles. The highest BCUT2D eigenvalue weighted by molar-refractivity contribution is 5.91. The molecule has 8 heteroatoms. The summed E-state index contributed by atoms with van der Waals surface area (Å²) in [4.78, 5) is 40.3. The summed E-state index contributed by atoms with van der Waals surface area (Å²) in [5, 5.41) is 2.93. The molecule has 8 nitrogen and oxygen atoms in total. The molecule has 1 saturated heterocycles. The number of esters is 1. The maximum Gasteiger partial charge on any atom is 0.337 e. The maximum absolute atomic E-state index is 12.6. The number of hydrogen-bond acceptors (Lipinski definition) is 6. The summed E-state index contributed by atoms with van der Waals surface area (Å²) in [7, 11) is 1.34. The number of amides is 2. The van der Waals surface area contributed by atoms with Gasteiger partial charge in [0, 0.05) is 32.7 Å². The van der Waals surface area contributed by atoms with Crippen molar-refractivity contribution in [2.24, 2.45) is 0 Å². The standard InChI is InChI=1S/C22H27N3O5/c1-15-4-9-19(30-15)21(27)25-12-10-24(11-13-25)16(2)20(26)23-14-17-5-7-18(8-6-17)22(28)29-3/h4-9,16H,10-14H2,1-3H3,(H,23,26). The van der Waals surface area contributed by atoms with E-state index in [1.807, 2.05) is 13.8 Å². The highest BCUT2D eigenvalue weighted by Gasteiger charge is 2.28. The molecule has 2 heterocycles. The number of nitrogens with zero attached hydrogens (tertiary/aromatic N) is 2. The van der Waals surface area contributed by atoms with E-state index in [9.17, 15) is 14.4 Å². The Hall–Kier alpha value is -3.13. The van der Waals surface area contributed by atoms with Crippen molar-refractivity contribution >= 4 is 17.8 Å². The van der Waals surface area contributed by atoms with Gasteiger partial charge in [0.1, 0.15) is 5.76 Å². The fourth-order valence-electron chi connectivity index (χ4n) is 3.40. The average Bonchev–Trinajstić information content (AvgIpc) is 3.22. The molecule has 30 heavy (non-hydrogen) atoms. The summed E-state index contributed by atoms with van der Waals surface area (Å²) in [6.07, 6.45) is 0. The van der Waals surface area contributed by atoms with Crippen molar-refractivity contribution in [1.29, 1.82) is 0 Å². The van der Waals surface area contributed by atoms with Gasteiger partial charge in [0.15, 0.2) is 5.76 Å². The van der Waals surface area contributed by atoms with Crippen LogP contribution in [-0.2, 0) is 16.1 Å². The number of rotatable bonds is 6. The summed E-state index contributed by atoms with van der Waals surface area (Å²) in [6, 6.07) is 10.1. The van der Waals surface area contributed by atoms with Crippen LogP contribution in [0.3, 0.4) is 0 Å². The van der Waals surface area contributed by atoms with Gasteiger partial charge >= 0.3 is 5.97 Å². The SMILES string of the molecule is COC(=O)c1ccc(CNC(=O)C(C)N2CCN(C(=O)c3ccc(C)o3)CC2)cc1. The van der Waals surface area contributed by atoms with Crippen LogP contribution in [0.4, 0.5) is 0 Å². The maximum atomic E-state index is 12.6. The topological polar surface area (TPSA) is 92.1 Å². The minimum absolute atomic E-state index is 0.0755. The first kappa shape index (κ1) is 21.6. The molecule has 0 aliphatic carbocycles. The Morgan fingerprint density at radius 3 is 2.30 bits per heavy atom. The van der Waals surface area contributed by atoms with Crippen LogP contribution in [0, 0.1) is 6.92 Å². The molecule has 1 N–H and O–H groups in total. The minimum Gasteiger partial charge on any atom is -0.465 e. The number of piperazine rings is 1. The summed E-state index contributed by atoms with van der Waals surface area (Å²) in [6.45, 7) is 6.38. The van der Waals surface area contributed by atoms with Gasteiger partial charge in [-0.25, -0.2) is 4.79 Å². The molecule has 2 aromatic rings. The Morgan fingerprint density at radius 1 is 1.07 bits per heavy atom.